The van der Waals surface area contributed by atoms with E-state index in [0.29, 0.717) is 24.3 Å². The monoisotopic (exact) mass is 487 g/mol. The first-order valence-electron chi connectivity index (χ1n) is 10.6. The van der Waals surface area contributed by atoms with Crippen LogP contribution >= 0.6 is 0 Å². The van der Waals surface area contributed by atoms with Crippen molar-refractivity contribution in [3.05, 3.63) is 57.9 Å². The fourth-order valence-electron chi connectivity index (χ4n) is 4.21. The molecule has 2 aliphatic rings. The minimum Gasteiger partial charge on any atom is -0.453 e. The van der Waals surface area contributed by atoms with Crippen LogP contribution in [-0.2, 0) is 23.2 Å². The molecule has 2 aromatic carbocycles. The number of ether oxygens (including phenoxy) is 1. The Bertz CT molecular complexity index is 1520. The van der Waals surface area contributed by atoms with E-state index in [4.69, 9.17) is 4.74 Å². The van der Waals surface area contributed by atoms with Crippen molar-refractivity contribution in [2.45, 2.75) is 32.0 Å². The summed E-state index contributed by atoms with van der Waals surface area (Å²) >= 11 is 0. The van der Waals surface area contributed by atoms with E-state index in [2.05, 4.69) is 9.71 Å². The number of hydrogen-bond donors (Lipinski definition) is 1. The lowest BCUT2D eigenvalue weighted by Gasteiger charge is -2.18. The lowest BCUT2D eigenvalue weighted by atomic mass is 10.1. The van der Waals surface area contributed by atoms with Crippen LogP contribution in [0.25, 0.3) is 10.9 Å². The van der Waals surface area contributed by atoms with Gasteiger partial charge in [-0.2, -0.15) is 18.0 Å². The predicted octanol–water partition coefficient (Wildman–Crippen LogP) is 2.85. The van der Waals surface area contributed by atoms with Gasteiger partial charge < -0.3 is 4.74 Å². The molecule has 9 nitrogen and oxygen atoms in total. The number of rotatable bonds is 5. The number of nitrogens with one attached hydrogen (secondary N) is 1. The van der Waals surface area contributed by atoms with Crippen LogP contribution < -0.4 is 15.0 Å². The summed E-state index contributed by atoms with van der Waals surface area (Å²) in [5.74, 6) is -0.601. The van der Waals surface area contributed by atoms with Gasteiger partial charge in [-0.15, -0.1) is 0 Å². The Kier molecular flexibility index (Phi) is 5.45. The van der Waals surface area contributed by atoms with Crippen molar-refractivity contribution in [2.24, 2.45) is 0 Å². The van der Waals surface area contributed by atoms with E-state index in [0.717, 1.165) is 22.9 Å². The number of benzene rings is 2. The zero-order valence-electron chi connectivity index (χ0n) is 17.8. The number of hydrogen-bond acceptors (Lipinski definition) is 6. The van der Waals surface area contributed by atoms with Gasteiger partial charge in [0.15, 0.2) is 11.6 Å². The van der Waals surface area contributed by atoms with Crippen molar-refractivity contribution in [3.8, 4) is 17.6 Å². The van der Waals surface area contributed by atoms with Crippen molar-refractivity contribution < 1.29 is 21.9 Å². The fraction of sp³-hybridized carbons (Fsp3) is 0.318. The molecule has 1 N–H and O–H groups in total. The molecule has 12 heteroatoms. The Morgan fingerprint density at radius 1 is 1.24 bits per heavy atom. The molecule has 0 bridgehead atoms. The molecule has 0 saturated carbocycles. The second-order valence-electron chi connectivity index (χ2n) is 8.13. The molecule has 0 radical (unpaired) electrons. The number of aromatic nitrogens is 2. The Balaban J connectivity index is 1.50. The molecule has 2 aliphatic heterocycles. The smallest absolute Gasteiger partial charge is 0.301 e. The van der Waals surface area contributed by atoms with E-state index in [1.807, 2.05) is 0 Å². The normalized spacial score (nSPS) is 18.1. The minimum atomic E-state index is -4.16. The van der Waals surface area contributed by atoms with Gasteiger partial charge in [0.1, 0.15) is 29.4 Å². The van der Waals surface area contributed by atoms with Gasteiger partial charge in [-0.3, -0.25) is 14.1 Å². The van der Waals surface area contributed by atoms with E-state index in [-0.39, 0.29) is 47.5 Å². The summed E-state index contributed by atoms with van der Waals surface area (Å²) in [5, 5.41) is 9.95. The third-order valence-electron chi connectivity index (χ3n) is 5.90. The predicted molar refractivity (Wildman–Crippen MR) is 119 cm³/mol. The van der Waals surface area contributed by atoms with Gasteiger partial charge in [0.25, 0.3) is 5.56 Å². The highest BCUT2D eigenvalue weighted by Crippen LogP contribution is 2.34. The first-order valence-corrected chi connectivity index (χ1v) is 12.1. The average molecular weight is 487 g/mol. The van der Waals surface area contributed by atoms with Gasteiger partial charge >= 0.3 is 10.2 Å². The molecule has 3 aromatic rings. The van der Waals surface area contributed by atoms with E-state index >= 15 is 0 Å². The van der Waals surface area contributed by atoms with Crippen LogP contribution in [0.1, 0.15) is 24.2 Å². The van der Waals surface area contributed by atoms with Crippen molar-refractivity contribution in [1.82, 2.24) is 13.9 Å². The minimum absolute atomic E-state index is 0.00664. The summed E-state index contributed by atoms with van der Waals surface area (Å²) in [6.45, 7) is 0.261. The van der Waals surface area contributed by atoms with E-state index in [9.17, 15) is 27.3 Å². The number of fused-ring (bicyclic) bond motifs is 2. The maximum atomic E-state index is 14.7. The van der Waals surface area contributed by atoms with Crippen LogP contribution in [0.5, 0.6) is 11.5 Å². The lowest BCUT2D eigenvalue weighted by Crippen LogP contribution is -2.34. The van der Waals surface area contributed by atoms with E-state index in [1.54, 1.807) is 16.7 Å². The summed E-state index contributed by atoms with van der Waals surface area (Å²) in [7, 11) is -4.16. The topological polar surface area (TPSA) is 117 Å². The molecule has 1 aromatic heterocycles. The van der Waals surface area contributed by atoms with Gasteiger partial charge in [-0.05, 0) is 43.2 Å². The van der Waals surface area contributed by atoms with Crippen molar-refractivity contribution in [3.63, 3.8) is 0 Å². The van der Waals surface area contributed by atoms with Crippen LogP contribution in [0.4, 0.5) is 14.5 Å². The largest absolute Gasteiger partial charge is 0.453 e. The second kappa shape index (κ2) is 8.34. The number of halogens is 2. The van der Waals surface area contributed by atoms with Crippen molar-refractivity contribution in [1.29, 1.82) is 5.26 Å². The van der Waals surface area contributed by atoms with Gasteiger partial charge in [0.05, 0.1) is 16.6 Å². The molecule has 5 rings (SSSR count). The standard InChI is InChI=1S/C22H19F2N5O4S/c23-13-7-9-28(12-13)34(31,32)27-19-6-4-17(24)21(16(19)11-25)33-14-3-5-18-15(10-14)22(30)29-8-1-2-20(29)26-18/h3-6,10,13,27H,1-2,7-9,12H2/t13-/m1/s1. The summed E-state index contributed by atoms with van der Waals surface area (Å²) in [6.07, 6.45) is 0.341. The fourth-order valence-corrected chi connectivity index (χ4v) is 5.49. The maximum Gasteiger partial charge on any atom is 0.301 e. The summed E-state index contributed by atoms with van der Waals surface area (Å²) in [6, 6.07) is 8.30. The highest BCUT2D eigenvalue weighted by Gasteiger charge is 2.32. The number of aryl methyl sites for hydroxylation is 1. The average Bonchev–Trinajstić information content (AvgIpc) is 3.46. The molecular weight excluding hydrogens is 468 g/mol. The maximum absolute atomic E-state index is 14.7. The highest BCUT2D eigenvalue weighted by atomic mass is 32.2. The summed E-state index contributed by atoms with van der Waals surface area (Å²) in [4.78, 5) is 17.3. The van der Waals surface area contributed by atoms with E-state index < -0.39 is 27.9 Å². The number of alkyl halides is 1. The lowest BCUT2D eigenvalue weighted by molar-refractivity contribution is 0.343. The number of nitriles is 1. The first kappa shape index (κ1) is 22.2. The molecule has 0 spiro atoms. The Morgan fingerprint density at radius 2 is 2.06 bits per heavy atom. The highest BCUT2D eigenvalue weighted by molar-refractivity contribution is 7.90. The first-order chi connectivity index (χ1) is 16.3. The molecule has 1 saturated heterocycles. The Hall–Kier alpha value is -3.56. The van der Waals surface area contributed by atoms with E-state index in [1.165, 1.54) is 12.1 Å². The van der Waals surface area contributed by atoms with Gasteiger partial charge in [-0.25, -0.2) is 13.8 Å². The third kappa shape index (κ3) is 3.86. The van der Waals surface area contributed by atoms with Crippen LogP contribution in [0.15, 0.2) is 35.1 Å². The SMILES string of the molecule is N#Cc1c(NS(=O)(=O)N2CC[C@@H](F)C2)ccc(F)c1Oc1ccc2nc3n(c(=O)c2c1)CCC3. The number of nitrogens with zero attached hydrogens (tertiary/aromatic N) is 4. The molecular formula is C22H19F2N5O4S. The van der Waals surface area contributed by atoms with Gasteiger partial charge in [0.2, 0.25) is 0 Å². The molecule has 34 heavy (non-hydrogen) atoms. The molecule has 1 atom stereocenters. The van der Waals surface area contributed by atoms with Gasteiger partial charge in [-0.1, -0.05) is 0 Å². The summed E-state index contributed by atoms with van der Waals surface area (Å²) < 4.78 is 63.7. The second-order valence-corrected chi connectivity index (χ2v) is 9.80. The van der Waals surface area contributed by atoms with Crippen molar-refractivity contribution in [2.75, 3.05) is 17.8 Å². The molecule has 0 amide bonds. The third-order valence-corrected chi connectivity index (χ3v) is 7.39. The van der Waals surface area contributed by atoms with Crippen LogP contribution in [-0.4, -0.2) is 41.5 Å². The zero-order chi connectivity index (χ0) is 24.0. The molecule has 0 aliphatic carbocycles. The van der Waals surface area contributed by atoms with Crippen LogP contribution in [0.2, 0.25) is 0 Å². The molecule has 0 unspecified atom stereocenters. The van der Waals surface area contributed by atoms with Gasteiger partial charge in [0, 0.05) is 26.1 Å². The Labute approximate surface area is 193 Å². The molecule has 3 heterocycles. The van der Waals surface area contributed by atoms with Crippen LogP contribution in [0.3, 0.4) is 0 Å². The Morgan fingerprint density at radius 3 is 2.79 bits per heavy atom. The molecule has 176 valence electrons. The van der Waals surface area contributed by atoms with Crippen LogP contribution in [0, 0.1) is 17.1 Å². The summed E-state index contributed by atoms with van der Waals surface area (Å²) in [5.41, 5.74) is -0.350. The molecule has 1 fully saturated rings. The quantitative estimate of drug-likeness (QED) is 0.592. The number of anilines is 1. The van der Waals surface area contributed by atoms with Crippen molar-refractivity contribution >= 4 is 26.8 Å². The zero-order valence-corrected chi connectivity index (χ0v) is 18.6.